The van der Waals surface area contributed by atoms with Crippen molar-refractivity contribution >= 4 is 11.9 Å². The second-order valence-corrected chi connectivity index (χ2v) is 6.01. The Labute approximate surface area is 112 Å². The van der Waals surface area contributed by atoms with Crippen LogP contribution in [-0.2, 0) is 14.3 Å². The van der Waals surface area contributed by atoms with Gasteiger partial charge in [0, 0.05) is 12.6 Å². The van der Waals surface area contributed by atoms with E-state index >= 15 is 0 Å². The molecular formula is C14H21NO4. The fourth-order valence-electron chi connectivity index (χ4n) is 3.94. The molecule has 106 valence electrons. The molecular weight excluding hydrogens is 246 g/mol. The summed E-state index contributed by atoms with van der Waals surface area (Å²) < 4.78 is 5.27. The zero-order valence-corrected chi connectivity index (χ0v) is 11.1. The van der Waals surface area contributed by atoms with Crippen molar-refractivity contribution in [1.82, 2.24) is 4.90 Å². The van der Waals surface area contributed by atoms with Gasteiger partial charge >= 0.3 is 5.97 Å². The highest BCUT2D eigenvalue weighted by Crippen LogP contribution is 2.41. The smallest absolute Gasteiger partial charge is 0.326 e. The highest BCUT2D eigenvalue weighted by atomic mass is 16.5. The third-order valence-electron chi connectivity index (χ3n) is 4.91. The number of fused-ring (bicyclic) bond motifs is 1. The lowest BCUT2D eigenvalue weighted by Gasteiger charge is -2.34. The highest BCUT2D eigenvalue weighted by Gasteiger charge is 2.49. The van der Waals surface area contributed by atoms with Crippen molar-refractivity contribution in [1.29, 1.82) is 0 Å². The summed E-state index contributed by atoms with van der Waals surface area (Å²) in [7, 11) is 0. The molecule has 3 aliphatic rings. The van der Waals surface area contributed by atoms with Gasteiger partial charge in [0.25, 0.3) is 0 Å². The van der Waals surface area contributed by atoms with Gasteiger partial charge in [0.1, 0.15) is 6.04 Å². The first-order valence-corrected chi connectivity index (χ1v) is 7.31. The zero-order chi connectivity index (χ0) is 13.4. The molecule has 1 amide bonds. The van der Waals surface area contributed by atoms with Crippen molar-refractivity contribution in [3.05, 3.63) is 0 Å². The molecule has 3 rings (SSSR count). The van der Waals surface area contributed by atoms with Crippen LogP contribution in [0.15, 0.2) is 0 Å². The van der Waals surface area contributed by atoms with Crippen molar-refractivity contribution in [3.8, 4) is 0 Å². The van der Waals surface area contributed by atoms with Crippen molar-refractivity contribution in [2.45, 2.75) is 50.6 Å². The van der Waals surface area contributed by atoms with Crippen molar-refractivity contribution in [2.24, 2.45) is 11.8 Å². The maximum Gasteiger partial charge on any atom is 0.326 e. The van der Waals surface area contributed by atoms with Crippen LogP contribution >= 0.6 is 0 Å². The van der Waals surface area contributed by atoms with E-state index in [0.717, 1.165) is 25.7 Å². The predicted octanol–water partition coefficient (Wildman–Crippen LogP) is 1.27. The summed E-state index contributed by atoms with van der Waals surface area (Å²) in [5, 5.41) is 9.40. The molecule has 2 heterocycles. The van der Waals surface area contributed by atoms with Gasteiger partial charge in [-0.25, -0.2) is 4.79 Å². The Morgan fingerprint density at radius 2 is 1.95 bits per heavy atom. The van der Waals surface area contributed by atoms with Crippen LogP contribution in [0.2, 0.25) is 0 Å². The van der Waals surface area contributed by atoms with E-state index in [2.05, 4.69) is 0 Å². The van der Waals surface area contributed by atoms with Gasteiger partial charge in [-0.2, -0.15) is 0 Å². The first-order valence-electron chi connectivity index (χ1n) is 7.31. The zero-order valence-electron chi connectivity index (χ0n) is 11.1. The minimum atomic E-state index is -0.846. The molecule has 1 aliphatic carbocycles. The average molecular weight is 267 g/mol. The van der Waals surface area contributed by atoms with Gasteiger partial charge in [-0.3, -0.25) is 4.79 Å². The van der Waals surface area contributed by atoms with Crippen LogP contribution in [0.4, 0.5) is 0 Å². The van der Waals surface area contributed by atoms with E-state index in [0.29, 0.717) is 25.6 Å². The maximum absolute atomic E-state index is 12.6. The molecule has 0 aromatic heterocycles. The summed E-state index contributed by atoms with van der Waals surface area (Å²) in [6.07, 6.45) is 5.69. The number of hydrogen-bond donors (Lipinski definition) is 1. The summed E-state index contributed by atoms with van der Waals surface area (Å²) in [5.74, 6) is -0.565. The van der Waals surface area contributed by atoms with Gasteiger partial charge in [0.15, 0.2) is 0 Å². The second kappa shape index (κ2) is 5.12. The number of carbonyl (C=O) groups excluding carboxylic acids is 1. The fourth-order valence-corrected chi connectivity index (χ4v) is 3.94. The number of ether oxygens (including phenoxy) is 1. The summed E-state index contributed by atoms with van der Waals surface area (Å²) >= 11 is 0. The quantitative estimate of drug-likeness (QED) is 0.818. The fraction of sp³-hybridized carbons (Fsp3) is 0.857. The number of carboxylic acid groups (broad SMARTS) is 1. The third-order valence-corrected chi connectivity index (χ3v) is 4.91. The lowest BCUT2D eigenvalue weighted by atomic mass is 9.84. The van der Waals surface area contributed by atoms with Gasteiger partial charge in [-0.05, 0) is 31.6 Å². The van der Waals surface area contributed by atoms with Gasteiger partial charge < -0.3 is 14.7 Å². The lowest BCUT2D eigenvalue weighted by Crippen LogP contribution is -2.48. The van der Waals surface area contributed by atoms with Gasteiger partial charge in [-0.1, -0.05) is 12.8 Å². The Bertz CT molecular complexity index is 378. The highest BCUT2D eigenvalue weighted by molar-refractivity contribution is 5.86. The van der Waals surface area contributed by atoms with Crippen LogP contribution in [0, 0.1) is 11.8 Å². The van der Waals surface area contributed by atoms with Crippen LogP contribution in [-0.4, -0.2) is 47.2 Å². The molecule has 0 aromatic rings. The van der Waals surface area contributed by atoms with E-state index in [4.69, 9.17) is 4.74 Å². The molecule has 1 saturated carbocycles. The molecule has 5 nitrogen and oxygen atoms in total. The van der Waals surface area contributed by atoms with E-state index in [-0.39, 0.29) is 17.9 Å². The van der Waals surface area contributed by atoms with Crippen LogP contribution in [0.5, 0.6) is 0 Å². The first-order chi connectivity index (χ1) is 9.18. The molecule has 2 saturated heterocycles. The topological polar surface area (TPSA) is 66.8 Å². The molecule has 0 spiro atoms. The monoisotopic (exact) mass is 267 g/mol. The number of carbonyl (C=O) groups is 2. The molecule has 0 bridgehead atoms. The number of hydrogen-bond acceptors (Lipinski definition) is 3. The predicted molar refractivity (Wildman–Crippen MR) is 67.6 cm³/mol. The molecule has 3 fully saturated rings. The minimum Gasteiger partial charge on any atom is -0.480 e. The Morgan fingerprint density at radius 3 is 2.63 bits per heavy atom. The molecule has 0 radical (unpaired) electrons. The van der Waals surface area contributed by atoms with Gasteiger partial charge in [0.05, 0.1) is 12.5 Å². The minimum absolute atomic E-state index is 0.0132. The number of rotatable bonds is 2. The number of likely N-dealkylation sites (tertiary alicyclic amines) is 1. The van der Waals surface area contributed by atoms with Crippen LogP contribution in [0.1, 0.15) is 38.5 Å². The van der Waals surface area contributed by atoms with Crippen LogP contribution in [0.25, 0.3) is 0 Å². The molecule has 19 heavy (non-hydrogen) atoms. The summed E-state index contributed by atoms with van der Waals surface area (Å²) in [6, 6.07) is -0.454. The Hall–Kier alpha value is -1.10. The van der Waals surface area contributed by atoms with Gasteiger partial charge in [-0.15, -0.1) is 0 Å². The molecule has 2 aliphatic heterocycles. The lowest BCUT2D eigenvalue weighted by molar-refractivity contribution is -0.151. The average Bonchev–Trinajstić information content (AvgIpc) is 3.05. The Balaban J connectivity index is 1.81. The number of amides is 1. The van der Waals surface area contributed by atoms with E-state index in [1.807, 2.05) is 0 Å². The van der Waals surface area contributed by atoms with Crippen molar-refractivity contribution < 1.29 is 19.4 Å². The molecule has 0 unspecified atom stereocenters. The van der Waals surface area contributed by atoms with Crippen molar-refractivity contribution in [2.75, 3.05) is 13.2 Å². The largest absolute Gasteiger partial charge is 0.480 e. The summed E-state index contributed by atoms with van der Waals surface area (Å²) in [6.45, 7) is 1.08. The Morgan fingerprint density at radius 1 is 1.16 bits per heavy atom. The van der Waals surface area contributed by atoms with E-state index < -0.39 is 12.0 Å². The summed E-state index contributed by atoms with van der Waals surface area (Å²) in [4.78, 5) is 25.7. The van der Waals surface area contributed by atoms with Crippen LogP contribution < -0.4 is 0 Å². The molecule has 1 N–H and O–H groups in total. The third kappa shape index (κ3) is 2.24. The first kappa shape index (κ1) is 12.9. The summed E-state index contributed by atoms with van der Waals surface area (Å²) in [5.41, 5.74) is 0. The number of aliphatic carboxylic acids is 1. The molecule has 4 atom stereocenters. The normalized spacial score (nSPS) is 38.2. The van der Waals surface area contributed by atoms with Crippen molar-refractivity contribution in [3.63, 3.8) is 0 Å². The SMILES string of the molecule is O=C(O)[C@@H]1C[C@@H]2CCCC[C@H]2N1C(=O)[C@@H]1CCOC1. The van der Waals surface area contributed by atoms with E-state index in [1.165, 1.54) is 6.42 Å². The van der Waals surface area contributed by atoms with E-state index in [9.17, 15) is 14.7 Å². The Kier molecular flexibility index (Phi) is 3.48. The number of carboxylic acids is 1. The maximum atomic E-state index is 12.6. The van der Waals surface area contributed by atoms with Crippen LogP contribution in [0.3, 0.4) is 0 Å². The number of nitrogens with zero attached hydrogens (tertiary/aromatic N) is 1. The molecule has 5 heteroatoms. The second-order valence-electron chi connectivity index (χ2n) is 6.01. The molecule has 0 aromatic carbocycles. The van der Waals surface area contributed by atoms with Gasteiger partial charge in [0.2, 0.25) is 5.91 Å². The standard InChI is InChI=1S/C14H21NO4/c16-13(10-5-6-19-8-10)15-11-4-2-1-3-9(11)7-12(15)14(17)18/h9-12H,1-8H2,(H,17,18)/t9-,10+,11+,12-/m0/s1. The van der Waals surface area contributed by atoms with E-state index in [1.54, 1.807) is 4.90 Å².